The van der Waals surface area contributed by atoms with Crippen LogP contribution in [-0.2, 0) is 4.79 Å². The number of hydrogen-bond acceptors (Lipinski definition) is 8. The molecule has 2 aliphatic heterocycles. The van der Waals surface area contributed by atoms with Gasteiger partial charge in [0.1, 0.15) is 29.1 Å². The van der Waals surface area contributed by atoms with Crippen LogP contribution in [0.3, 0.4) is 0 Å². The summed E-state index contributed by atoms with van der Waals surface area (Å²) in [6.07, 6.45) is 3.05. The molecule has 0 aliphatic carbocycles. The third kappa shape index (κ3) is 6.59. The molecule has 8 nitrogen and oxygen atoms in total. The molecule has 1 unspecified atom stereocenters. The van der Waals surface area contributed by atoms with Crippen molar-refractivity contribution in [2.24, 2.45) is 0 Å². The minimum absolute atomic E-state index is 0.0346. The average Bonchev–Trinajstić information content (AvgIpc) is 3.45. The molecular weight excluding hydrogens is 528 g/mol. The lowest BCUT2D eigenvalue weighted by atomic mass is 10.1. The number of para-hydroxylation sites is 1. The monoisotopic (exact) mass is 564 g/mol. The summed E-state index contributed by atoms with van der Waals surface area (Å²) in [5.74, 6) is 3.76. The normalized spacial score (nSPS) is 15.8. The third-order valence-electron chi connectivity index (χ3n) is 7.05. The number of fused-ring (bicyclic) bond motifs is 2. The third-order valence-corrected chi connectivity index (χ3v) is 8.34. The van der Waals surface area contributed by atoms with Crippen LogP contribution >= 0.6 is 11.8 Å². The Morgan fingerprint density at radius 3 is 2.62 bits per heavy atom. The summed E-state index contributed by atoms with van der Waals surface area (Å²) in [5.41, 5.74) is 1.78. The van der Waals surface area contributed by atoms with Gasteiger partial charge in [0.05, 0.1) is 19.4 Å². The number of benzene rings is 3. The molecule has 0 saturated carbocycles. The number of nitrogens with zero attached hydrogens (tertiary/aromatic N) is 2. The Kier molecular flexibility index (Phi) is 9.23. The molecular formula is C31H36N2O6S. The van der Waals surface area contributed by atoms with E-state index in [0.29, 0.717) is 19.0 Å². The molecule has 40 heavy (non-hydrogen) atoms. The van der Waals surface area contributed by atoms with Gasteiger partial charge in [0, 0.05) is 30.1 Å². The van der Waals surface area contributed by atoms with Gasteiger partial charge in [-0.25, -0.2) is 0 Å². The van der Waals surface area contributed by atoms with E-state index in [9.17, 15) is 4.79 Å². The highest BCUT2D eigenvalue weighted by molar-refractivity contribution is 8.00. The first-order chi connectivity index (χ1) is 19.5. The number of unbranched alkanes of at least 4 members (excludes halogenated alkanes) is 2. The van der Waals surface area contributed by atoms with Crippen molar-refractivity contribution in [1.82, 2.24) is 4.90 Å². The second kappa shape index (κ2) is 13.2. The van der Waals surface area contributed by atoms with Crippen LogP contribution in [0.25, 0.3) is 0 Å². The molecule has 0 N–H and O–H groups in total. The molecule has 1 atom stereocenters. The molecule has 9 heteroatoms. The fourth-order valence-electron chi connectivity index (χ4n) is 4.73. The fourth-order valence-corrected chi connectivity index (χ4v) is 6.04. The first-order valence-electron chi connectivity index (χ1n) is 13.6. The Balaban J connectivity index is 1.06. The summed E-state index contributed by atoms with van der Waals surface area (Å²) in [6, 6.07) is 19.4. The predicted octanol–water partition coefficient (Wildman–Crippen LogP) is 5.79. The number of carbonyl (C=O) groups excluding carboxylic acids is 1. The largest absolute Gasteiger partial charge is 0.497 e. The van der Waals surface area contributed by atoms with Crippen LogP contribution in [-0.4, -0.2) is 65.1 Å². The minimum atomic E-state index is -0.390. The summed E-state index contributed by atoms with van der Waals surface area (Å²) in [6.45, 7) is 3.28. The van der Waals surface area contributed by atoms with Crippen LogP contribution in [0.2, 0.25) is 0 Å². The fraction of sp³-hybridized carbons (Fsp3) is 0.387. The van der Waals surface area contributed by atoms with Crippen molar-refractivity contribution in [1.29, 1.82) is 0 Å². The van der Waals surface area contributed by atoms with E-state index >= 15 is 0 Å². The van der Waals surface area contributed by atoms with Gasteiger partial charge in [-0.2, -0.15) is 0 Å². The van der Waals surface area contributed by atoms with Crippen LogP contribution in [0, 0.1) is 0 Å². The van der Waals surface area contributed by atoms with Gasteiger partial charge in [-0.1, -0.05) is 12.1 Å². The maximum atomic E-state index is 13.3. The first kappa shape index (κ1) is 28.0. The zero-order chi connectivity index (χ0) is 27.9. The summed E-state index contributed by atoms with van der Waals surface area (Å²) in [7, 11) is 5.57. The van der Waals surface area contributed by atoms with Crippen molar-refractivity contribution in [3.63, 3.8) is 0 Å². The molecule has 0 radical (unpaired) electrons. The van der Waals surface area contributed by atoms with E-state index in [1.54, 1.807) is 23.8 Å². The number of anilines is 1. The second-order valence-corrected chi connectivity index (χ2v) is 11.0. The maximum absolute atomic E-state index is 13.3. The first-order valence-corrected chi connectivity index (χ1v) is 14.5. The van der Waals surface area contributed by atoms with E-state index in [2.05, 4.69) is 18.0 Å². The molecule has 0 fully saturated rings. The lowest BCUT2D eigenvalue weighted by Gasteiger charge is -2.32. The molecule has 5 rings (SSSR count). The molecule has 1 amide bonds. The van der Waals surface area contributed by atoms with Gasteiger partial charge < -0.3 is 33.5 Å². The van der Waals surface area contributed by atoms with Gasteiger partial charge in [0.25, 0.3) is 0 Å². The van der Waals surface area contributed by atoms with E-state index in [-0.39, 0.29) is 12.7 Å². The number of likely N-dealkylation sites (N-methyl/N-ethyl adjacent to an activating group) is 2. The van der Waals surface area contributed by atoms with Crippen LogP contribution in [0.15, 0.2) is 65.6 Å². The van der Waals surface area contributed by atoms with E-state index in [0.717, 1.165) is 71.5 Å². The van der Waals surface area contributed by atoms with Crippen molar-refractivity contribution in [2.45, 2.75) is 29.4 Å². The van der Waals surface area contributed by atoms with Gasteiger partial charge in [-0.15, -0.1) is 11.8 Å². The molecule has 2 heterocycles. The number of thioether (sulfide) groups is 1. The highest BCUT2D eigenvalue weighted by Gasteiger charge is 2.34. The quantitative estimate of drug-likeness (QED) is 0.242. The Hall–Kier alpha value is -3.56. The van der Waals surface area contributed by atoms with Crippen molar-refractivity contribution in [3.05, 3.63) is 66.2 Å². The molecule has 0 spiro atoms. The lowest BCUT2D eigenvalue weighted by molar-refractivity contribution is -0.118. The Labute approximate surface area is 240 Å². The predicted molar refractivity (Wildman–Crippen MR) is 156 cm³/mol. The number of amides is 1. The van der Waals surface area contributed by atoms with Gasteiger partial charge in [0.15, 0.2) is 11.5 Å². The number of methoxy groups -OCH3 is 1. The van der Waals surface area contributed by atoms with Crippen LogP contribution < -0.4 is 28.6 Å². The van der Waals surface area contributed by atoms with Crippen molar-refractivity contribution < 1.29 is 28.5 Å². The van der Waals surface area contributed by atoms with E-state index in [1.165, 1.54) is 0 Å². The molecule has 2 aliphatic rings. The minimum Gasteiger partial charge on any atom is -0.497 e. The number of ether oxygens (including phenoxy) is 5. The van der Waals surface area contributed by atoms with E-state index in [4.69, 9.17) is 23.7 Å². The van der Waals surface area contributed by atoms with Crippen molar-refractivity contribution in [2.75, 3.05) is 59.2 Å². The smallest absolute Gasteiger partial charge is 0.244 e. The summed E-state index contributed by atoms with van der Waals surface area (Å²) in [5, 5.41) is -0.390. The molecule has 0 aromatic heterocycles. The highest BCUT2D eigenvalue weighted by atomic mass is 32.2. The van der Waals surface area contributed by atoms with Gasteiger partial charge >= 0.3 is 0 Å². The Morgan fingerprint density at radius 1 is 0.925 bits per heavy atom. The molecule has 3 aromatic rings. The summed E-state index contributed by atoms with van der Waals surface area (Å²) >= 11 is 1.56. The topological polar surface area (TPSA) is 69.7 Å². The second-order valence-electron chi connectivity index (χ2n) is 9.84. The summed E-state index contributed by atoms with van der Waals surface area (Å²) < 4.78 is 28.3. The lowest BCUT2D eigenvalue weighted by Crippen LogP contribution is -2.33. The Bertz CT molecular complexity index is 1320. The molecule has 0 bridgehead atoms. The van der Waals surface area contributed by atoms with Crippen molar-refractivity contribution in [3.8, 4) is 28.7 Å². The average molecular weight is 565 g/mol. The van der Waals surface area contributed by atoms with E-state index < -0.39 is 5.25 Å². The van der Waals surface area contributed by atoms with Crippen LogP contribution in [0.1, 0.15) is 30.1 Å². The summed E-state index contributed by atoms with van der Waals surface area (Å²) in [4.78, 5) is 18.4. The number of hydrogen-bond donors (Lipinski definition) is 0. The zero-order valence-electron chi connectivity index (χ0n) is 23.3. The maximum Gasteiger partial charge on any atom is 0.244 e. The van der Waals surface area contributed by atoms with Crippen molar-refractivity contribution >= 4 is 23.4 Å². The molecule has 0 saturated heterocycles. The number of rotatable bonds is 13. The standard InChI is InChI=1S/C31H36N2O6S/c1-32(16-18-36-23-12-14-27-28(20-23)39-21-38-27)15-7-4-8-17-37-26-13-11-22(35-3)19-24(26)30-31(34)33(2)25-9-5-6-10-29(25)40-30/h5-6,9-14,19-20,30H,4,7-8,15-18,21H2,1-3H3. The molecule has 3 aromatic carbocycles. The molecule has 212 valence electrons. The van der Waals surface area contributed by atoms with Gasteiger partial charge in [-0.3, -0.25) is 4.79 Å². The van der Waals surface area contributed by atoms with E-state index in [1.807, 2.05) is 61.6 Å². The van der Waals surface area contributed by atoms with Gasteiger partial charge in [-0.05, 0) is 75.3 Å². The highest BCUT2D eigenvalue weighted by Crippen LogP contribution is 2.48. The Morgan fingerprint density at radius 2 is 1.75 bits per heavy atom. The number of carbonyl (C=O) groups is 1. The van der Waals surface area contributed by atoms with Crippen LogP contribution in [0.5, 0.6) is 28.7 Å². The SMILES string of the molecule is COc1ccc(OCCCCCN(C)CCOc2ccc3c(c2)OCO3)c(C2Sc3ccccc3N(C)C2=O)c1. The van der Waals surface area contributed by atoms with Crippen LogP contribution in [0.4, 0.5) is 5.69 Å². The zero-order valence-corrected chi connectivity index (χ0v) is 24.1. The van der Waals surface area contributed by atoms with Gasteiger partial charge in [0.2, 0.25) is 12.7 Å².